The van der Waals surface area contributed by atoms with Crippen LogP contribution >= 0.6 is 12.4 Å². The van der Waals surface area contributed by atoms with Gasteiger partial charge in [0, 0.05) is 38.1 Å². The highest BCUT2D eigenvalue weighted by molar-refractivity contribution is 7.90. The molecule has 0 amide bonds. The lowest BCUT2D eigenvalue weighted by molar-refractivity contribution is 0.318. The lowest BCUT2D eigenvalue weighted by Crippen LogP contribution is -2.43. The first-order chi connectivity index (χ1) is 9.54. The molecule has 1 aromatic carbocycles. The van der Waals surface area contributed by atoms with Crippen molar-refractivity contribution in [2.75, 3.05) is 49.7 Å². The summed E-state index contributed by atoms with van der Waals surface area (Å²) in [4.78, 5) is 2.34. The Hall–Kier alpha value is -0.980. The number of nitrogens with zero attached hydrogens (tertiary/aromatic N) is 1. The zero-order valence-electron chi connectivity index (χ0n) is 12.2. The molecule has 1 aliphatic rings. The SMILES string of the molecule is CS(=O)(=O)CCCOc1ccc(N2CCNCC2)cc1.Cl. The first kappa shape index (κ1) is 18.1. The minimum absolute atomic E-state index is 0. The van der Waals surface area contributed by atoms with Crippen molar-refractivity contribution in [2.45, 2.75) is 6.42 Å². The number of ether oxygens (including phenoxy) is 1. The van der Waals surface area contributed by atoms with Crippen LogP contribution in [0, 0.1) is 0 Å². The van der Waals surface area contributed by atoms with Crippen LogP contribution in [0.15, 0.2) is 24.3 Å². The molecule has 1 aliphatic heterocycles. The van der Waals surface area contributed by atoms with Gasteiger partial charge in [0.25, 0.3) is 0 Å². The molecule has 1 fully saturated rings. The molecule has 1 N–H and O–H groups in total. The van der Waals surface area contributed by atoms with Crippen LogP contribution in [-0.2, 0) is 9.84 Å². The van der Waals surface area contributed by atoms with E-state index in [2.05, 4.69) is 22.3 Å². The van der Waals surface area contributed by atoms with Crippen LogP contribution in [0.5, 0.6) is 5.75 Å². The summed E-state index contributed by atoms with van der Waals surface area (Å²) in [5.74, 6) is 0.962. The lowest BCUT2D eigenvalue weighted by Gasteiger charge is -2.29. The van der Waals surface area contributed by atoms with Crippen LogP contribution < -0.4 is 15.0 Å². The Morgan fingerprint density at radius 3 is 2.38 bits per heavy atom. The third-order valence-electron chi connectivity index (χ3n) is 3.25. The van der Waals surface area contributed by atoms with Crippen molar-refractivity contribution >= 4 is 27.9 Å². The molecule has 0 spiro atoms. The number of rotatable bonds is 6. The Morgan fingerprint density at radius 1 is 1.19 bits per heavy atom. The summed E-state index contributed by atoms with van der Waals surface area (Å²) in [6.45, 7) is 4.51. The van der Waals surface area contributed by atoms with E-state index >= 15 is 0 Å². The Morgan fingerprint density at radius 2 is 1.81 bits per heavy atom. The van der Waals surface area contributed by atoms with Crippen molar-refractivity contribution < 1.29 is 13.2 Å². The van der Waals surface area contributed by atoms with Gasteiger partial charge in [-0.25, -0.2) is 8.42 Å². The number of hydrogen-bond acceptors (Lipinski definition) is 5. The minimum atomic E-state index is -2.89. The maximum absolute atomic E-state index is 11.0. The molecule has 5 nitrogen and oxygen atoms in total. The smallest absolute Gasteiger partial charge is 0.147 e. The van der Waals surface area contributed by atoms with E-state index in [-0.39, 0.29) is 18.2 Å². The highest BCUT2D eigenvalue weighted by atomic mass is 35.5. The van der Waals surface area contributed by atoms with Gasteiger partial charge >= 0.3 is 0 Å². The normalized spacial score (nSPS) is 15.4. The fourth-order valence-electron chi connectivity index (χ4n) is 2.19. The Kier molecular flexibility index (Phi) is 7.28. The Bertz CT molecular complexity index is 514. The molecular formula is C14H23ClN2O3S. The highest BCUT2D eigenvalue weighted by Crippen LogP contribution is 2.19. The van der Waals surface area contributed by atoms with Gasteiger partial charge in [-0.3, -0.25) is 0 Å². The standard InChI is InChI=1S/C14H22N2O3S.ClH/c1-20(17,18)12-2-11-19-14-5-3-13(4-6-14)16-9-7-15-8-10-16;/h3-6,15H,2,7-12H2,1H3;1H. The molecule has 21 heavy (non-hydrogen) atoms. The summed E-state index contributed by atoms with van der Waals surface area (Å²) < 4.78 is 27.5. The van der Waals surface area contributed by atoms with Gasteiger partial charge in [0.2, 0.25) is 0 Å². The summed E-state index contributed by atoms with van der Waals surface area (Å²) >= 11 is 0. The molecule has 0 radical (unpaired) electrons. The zero-order chi connectivity index (χ0) is 14.4. The molecule has 1 aromatic rings. The molecule has 7 heteroatoms. The third kappa shape index (κ3) is 6.54. The van der Waals surface area contributed by atoms with Crippen LogP contribution in [0.1, 0.15) is 6.42 Å². The van der Waals surface area contributed by atoms with E-state index in [0.29, 0.717) is 13.0 Å². The maximum atomic E-state index is 11.0. The van der Waals surface area contributed by atoms with E-state index in [9.17, 15) is 8.42 Å². The third-order valence-corrected chi connectivity index (χ3v) is 4.28. The summed E-state index contributed by atoms with van der Waals surface area (Å²) in [6, 6.07) is 7.99. The quantitative estimate of drug-likeness (QED) is 0.795. The monoisotopic (exact) mass is 334 g/mol. The van der Waals surface area contributed by atoms with Crippen LogP contribution in [0.2, 0.25) is 0 Å². The number of anilines is 1. The predicted molar refractivity (Wildman–Crippen MR) is 88.6 cm³/mol. The van der Waals surface area contributed by atoms with Crippen LogP contribution in [0.25, 0.3) is 0 Å². The Balaban J connectivity index is 0.00000220. The summed E-state index contributed by atoms with van der Waals surface area (Å²) in [5.41, 5.74) is 1.20. The van der Waals surface area contributed by atoms with E-state index < -0.39 is 9.84 Å². The molecule has 0 aliphatic carbocycles. The molecule has 1 saturated heterocycles. The van der Waals surface area contributed by atoms with Crippen molar-refractivity contribution in [3.8, 4) is 5.75 Å². The van der Waals surface area contributed by atoms with E-state index in [1.165, 1.54) is 11.9 Å². The second kappa shape index (κ2) is 8.46. The average Bonchev–Trinajstić information content (AvgIpc) is 2.44. The van der Waals surface area contributed by atoms with Crippen LogP contribution in [-0.4, -0.2) is 53.2 Å². The van der Waals surface area contributed by atoms with E-state index in [0.717, 1.165) is 31.9 Å². The number of benzene rings is 1. The summed E-state index contributed by atoms with van der Waals surface area (Å²) in [5, 5.41) is 3.33. The molecule has 0 aromatic heterocycles. The number of piperazine rings is 1. The first-order valence-corrected chi connectivity index (χ1v) is 8.97. The molecule has 0 saturated carbocycles. The molecule has 0 atom stereocenters. The molecule has 0 bridgehead atoms. The van der Waals surface area contributed by atoms with Crippen molar-refractivity contribution in [3.63, 3.8) is 0 Å². The summed E-state index contributed by atoms with van der Waals surface area (Å²) in [6.07, 6.45) is 1.77. The first-order valence-electron chi connectivity index (χ1n) is 6.91. The molecule has 2 rings (SSSR count). The second-order valence-electron chi connectivity index (χ2n) is 5.06. The number of hydrogen-bond donors (Lipinski definition) is 1. The van der Waals surface area contributed by atoms with Gasteiger partial charge < -0.3 is 15.0 Å². The maximum Gasteiger partial charge on any atom is 0.147 e. The van der Waals surface area contributed by atoms with E-state index in [1.807, 2.05) is 12.1 Å². The van der Waals surface area contributed by atoms with Gasteiger partial charge in [0.15, 0.2) is 0 Å². The predicted octanol–water partition coefficient (Wildman–Crippen LogP) is 1.33. The van der Waals surface area contributed by atoms with Gasteiger partial charge in [0.05, 0.1) is 12.4 Å². The van der Waals surface area contributed by atoms with Gasteiger partial charge in [0.1, 0.15) is 15.6 Å². The fraction of sp³-hybridized carbons (Fsp3) is 0.571. The molecule has 0 unspecified atom stereocenters. The van der Waals surface area contributed by atoms with Crippen molar-refractivity contribution in [1.82, 2.24) is 5.32 Å². The van der Waals surface area contributed by atoms with Crippen molar-refractivity contribution in [2.24, 2.45) is 0 Å². The largest absolute Gasteiger partial charge is 0.494 e. The second-order valence-corrected chi connectivity index (χ2v) is 7.32. The van der Waals surface area contributed by atoms with E-state index in [1.54, 1.807) is 0 Å². The molecule has 120 valence electrons. The van der Waals surface area contributed by atoms with Crippen molar-refractivity contribution in [1.29, 1.82) is 0 Å². The minimum Gasteiger partial charge on any atom is -0.494 e. The zero-order valence-corrected chi connectivity index (χ0v) is 13.9. The van der Waals surface area contributed by atoms with Crippen LogP contribution in [0.3, 0.4) is 0 Å². The van der Waals surface area contributed by atoms with Gasteiger partial charge in [-0.2, -0.15) is 0 Å². The Labute approximate surface area is 133 Å². The van der Waals surface area contributed by atoms with Gasteiger partial charge in [-0.15, -0.1) is 12.4 Å². The number of halogens is 1. The van der Waals surface area contributed by atoms with E-state index in [4.69, 9.17) is 4.74 Å². The molecule has 1 heterocycles. The highest BCUT2D eigenvalue weighted by Gasteiger charge is 2.10. The summed E-state index contributed by atoms with van der Waals surface area (Å²) in [7, 11) is -2.89. The number of nitrogens with one attached hydrogen (secondary N) is 1. The lowest BCUT2D eigenvalue weighted by atomic mass is 10.2. The average molecular weight is 335 g/mol. The van der Waals surface area contributed by atoms with Gasteiger partial charge in [-0.1, -0.05) is 0 Å². The van der Waals surface area contributed by atoms with Crippen LogP contribution in [0.4, 0.5) is 5.69 Å². The number of sulfone groups is 1. The topological polar surface area (TPSA) is 58.6 Å². The van der Waals surface area contributed by atoms with Gasteiger partial charge in [-0.05, 0) is 30.7 Å². The fourth-order valence-corrected chi connectivity index (χ4v) is 2.83. The van der Waals surface area contributed by atoms with Crippen molar-refractivity contribution in [3.05, 3.63) is 24.3 Å². The molecular weight excluding hydrogens is 312 g/mol.